The molecule has 0 aliphatic carbocycles. The summed E-state index contributed by atoms with van der Waals surface area (Å²) in [7, 11) is 1.57. The number of hydrogen-bond acceptors (Lipinski definition) is 4. The van der Waals surface area contributed by atoms with E-state index in [1.807, 2.05) is 32.0 Å². The number of aryl methyl sites for hydroxylation is 2. The van der Waals surface area contributed by atoms with Gasteiger partial charge in [0.05, 0.1) is 24.1 Å². The summed E-state index contributed by atoms with van der Waals surface area (Å²) >= 11 is 1.45. The fourth-order valence-corrected chi connectivity index (χ4v) is 3.76. The molecule has 27 heavy (non-hydrogen) atoms. The highest BCUT2D eigenvalue weighted by Crippen LogP contribution is 2.23. The number of anilines is 1. The van der Waals surface area contributed by atoms with Crippen molar-refractivity contribution in [2.75, 3.05) is 18.2 Å². The summed E-state index contributed by atoms with van der Waals surface area (Å²) in [5.41, 5.74) is 4.44. The largest absolute Gasteiger partial charge is 0.495 e. The van der Waals surface area contributed by atoms with Crippen LogP contribution in [0.4, 0.5) is 5.69 Å². The highest BCUT2D eigenvalue weighted by atomic mass is 32.2. The Morgan fingerprint density at radius 1 is 1.19 bits per heavy atom. The number of carbonyl (C=O) groups excluding carboxylic acids is 1. The fourth-order valence-electron chi connectivity index (χ4n) is 3.03. The standard InChI is InChI=1S/C21H22N2O3S/c1-13-8-14(2)21-16(9-13)18(24)10-15(22-21)11-27-12-20(25)23-17-6-4-5-7-19(17)26-3/h4-10H,11-12H2,1-3H3,(H,22,24)(H,23,25). The monoisotopic (exact) mass is 382 g/mol. The molecule has 0 unspecified atom stereocenters. The number of aromatic amines is 1. The van der Waals surface area contributed by atoms with Crippen molar-refractivity contribution in [3.05, 3.63) is 69.5 Å². The van der Waals surface area contributed by atoms with Gasteiger partial charge >= 0.3 is 0 Å². The highest BCUT2D eigenvalue weighted by molar-refractivity contribution is 7.99. The molecule has 1 heterocycles. The van der Waals surface area contributed by atoms with Crippen LogP contribution in [0.5, 0.6) is 5.75 Å². The Balaban J connectivity index is 1.65. The van der Waals surface area contributed by atoms with Crippen LogP contribution in [0, 0.1) is 13.8 Å². The number of para-hydroxylation sites is 2. The number of carbonyl (C=O) groups is 1. The number of pyridine rings is 1. The Kier molecular flexibility index (Phi) is 5.86. The molecule has 0 saturated carbocycles. The van der Waals surface area contributed by atoms with Crippen molar-refractivity contribution in [1.29, 1.82) is 0 Å². The molecule has 0 fully saturated rings. The Labute approximate surface area is 162 Å². The number of rotatable bonds is 6. The molecule has 0 aliphatic rings. The van der Waals surface area contributed by atoms with E-state index in [0.29, 0.717) is 22.6 Å². The van der Waals surface area contributed by atoms with Crippen molar-refractivity contribution < 1.29 is 9.53 Å². The second kappa shape index (κ2) is 8.31. The topological polar surface area (TPSA) is 71.2 Å². The molecule has 3 aromatic rings. The third-order valence-electron chi connectivity index (χ3n) is 4.21. The van der Waals surface area contributed by atoms with Gasteiger partial charge in [-0.05, 0) is 43.2 Å². The maximum Gasteiger partial charge on any atom is 0.234 e. The van der Waals surface area contributed by atoms with Gasteiger partial charge in [-0.1, -0.05) is 18.2 Å². The summed E-state index contributed by atoms with van der Waals surface area (Å²) in [4.78, 5) is 27.9. The number of methoxy groups -OCH3 is 1. The average Bonchev–Trinajstić information content (AvgIpc) is 2.63. The molecule has 0 spiro atoms. The van der Waals surface area contributed by atoms with E-state index in [9.17, 15) is 9.59 Å². The minimum absolute atomic E-state index is 0.00428. The molecule has 1 amide bonds. The van der Waals surface area contributed by atoms with E-state index in [2.05, 4.69) is 16.4 Å². The number of aromatic nitrogens is 1. The minimum atomic E-state index is -0.112. The molecular weight excluding hydrogens is 360 g/mol. The van der Waals surface area contributed by atoms with E-state index >= 15 is 0 Å². The van der Waals surface area contributed by atoms with Crippen molar-refractivity contribution in [3.8, 4) is 5.75 Å². The lowest BCUT2D eigenvalue weighted by molar-refractivity contribution is -0.113. The number of H-pyrrole nitrogens is 1. The first-order valence-corrected chi connectivity index (χ1v) is 9.77. The number of amides is 1. The van der Waals surface area contributed by atoms with Gasteiger partial charge < -0.3 is 15.0 Å². The molecule has 2 aromatic carbocycles. The van der Waals surface area contributed by atoms with Crippen LogP contribution in [-0.2, 0) is 10.5 Å². The predicted octanol–water partition coefficient (Wildman–Crippen LogP) is 4.03. The first kappa shape index (κ1) is 19.0. The number of benzene rings is 2. The van der Waals surface area contributed by atoms with E-state index < -0.39 is 0 Å². The number of nitrogens with one attached hydrogen (secondary N) is 2. The third kappa shape index (κ3) is 4.52. The molecule has 3 rings (SSSR count). The van der Waals surface area contributed by atoms with Gasteiger partial charge in [0.15, 0.2) is 5.43 Å². The van der Waals surface area contributed by atoms with Crippen molar-refractivity contribution in [3.63, 3.8) is 0 Å². The Bertz CT molecular complexity index is 1040. The summed E-state index contributed by atoms with van der Waals surface area (Å²) in [6.45, 7) is 3.97. The van der Waals surface area contributed by atoms with Crippen molar-refractivity contribution in [2.24, 2.45) is 0 Å². The zero-order valence-corrected chi connectivity index (χ0v) is 16.4. The lowest BCUT2D eigenvalue weighted by atomic mass is 10.1. The molecule has 0 bridgehead atoms. The Hall–Kier alpha value is -2.73. The third-order valence-corrected chi connectivity index (χ3v) is 5.19. The summed E-state index contributed by atoms with van der Waals surface area (Å²) in [6, 6.07) is 12.9. The molecular formula is C21H22N2O3S. The van der Waals surface area contributed by atoms with Crippen LogP contribution in [0.1, 0.15) is 16.8 Å². The number of thioether (sulfide) groups is 1. The zero-order chi connectivity index (χ0) is 19.4. The molecule has 0 atom stereocenters. The van der Waals surface area contributed by atoms with Crippen molar-refractivity contribution in [2.45, 2.75) is 19.6 Å². The van der Waals surface area contributed by atoms with Crippen LogP contribution in [0.2, 0.25) is 0 Å². The molecule has 5 nitrogen and oxygen atoms in total. The van der Waals surface area contributed by atoms with E-state index in [-0.39, 0.29) is 17.1 Å². The summed E-state index contributed by atoms with van der Waals surface area (Å²) in [5, 5.41) is 3.55. The summed E-state index contributed by atoms with van der Waals surface area (Å²) < 4.78 is 5.23. The Morgan fingerprint density at radius 3 is 2.74 bits per heavy atom. The quantitative estimate of drug-likeness (QED) is 0.675. The Morgan fingerprint density at radius 2 is 1.96 bits per heavy atom. The molecule has 1 aromatic heterocycles. The van der Waals surface area contributed by atoms with Gasteiger partial charge in [0, 0.05) is 22.9 Å². The van der Waals surface area contributed by atoms with Crippen LogP contribution in [0.3, 0.4) is 0 Å². The summed E-state index contributed by atoms with van der Waals surface area (Å²) in [6.07, 6.45) is 0. The smallest absolute Gasteiger partial charge is 0.234 e. The van der Waals surface area contributed by atoms with Gasteiger partial charge in [0.25, 0.3) is 0 Å². The van der Waals surface area contributed by atoms with Crippen molar-refractivity contribution in [1.82, 2.24) is 4.98 Å². The molecule has 6 heteroatoms. The van der Waals surface area contributed by atoms with Crippen LogP contribution >= 0.6 is 11.8 Å². The molecule has 0 saturated heterocycles. The maximum atomic E-state index is 12.4. The van der Waals surface area contributed by atoms with Gasteiger partial charge in [0.1, 0.15) is 5.75 Å². The fraction of sp³-hybridized carbons (Fsp3) is 0.238. The van der Waals surface area contributed by atoms with Crippen molar-refractivity contribution >= 4 is 34.3 Å². The minimum Gasteiger partial charge on any atom is -0.495 e. The molecule has 140 valence electrons. The van der Waals surface area contributed by atoms with Gasteiger partial charge in [-0.2, -0.15) is 0 Å². The molecule has 0 radical (unpaired) electrons. The normalized spacial score (nSPS) is 10.8. The van der Waals surface area contributed by atoms with E-state index in [0.717, 1.165) is 22.3 Å². The second-order valence-corrected chi connectivity index (χ2v) is 7.39. The first-order chi connectivity index (χ1) is 13.0. The van der Waals surface area contributed by atoms with E-state index in [1.54, 1.807) is 25.3 Å². The lowest BCUT2D eigenvalue weighted by Crippen LogP contribution is -2.15. The average molecular weight is 382 g/mol. The molecule has 0 aliphatic heterocycles. The maximum absolute atomic E-state index is 12.4. The zero-order valence-electron chi connectivity index (χ0n) is 15.6. The van der Waals surface area contributed by atoms with Gasteiger partial charge in [-0.15, -0.1) is 11.8 Å². The number of fused-ring (bicyclic) bond motifs is 1. The van der Waals surface area contributed by atoms with Gasteiger partial charge in [-0.25, -0.2) is 0 Å². The van der Waals surface area contributed by atoms with Crippen LogP contribution in [0.25, 0.3) is 10.9 Å². The second-order valence-electron chi connectivity index (χ2n) is 6.40. The van der Waals surface area contributed by atoms with E-state index in [4.69, 9.17) is 4.74 Å². The van der Waals surface area contributed by atoms with Crippen LogP contribution in [-0.4, -0.2) is 23.8 Å². The SMILES string of the molecule is COc1ccccc1NC(=O)CSCc1cc(=O)c2cc(C)cc(C)c2[nH]1. The molecule has 2 N–H and O–H groups in total. The van der Waals surface area contributed by atoms with Gasteiger partial charge in [-0.3, -0.25) is 9.59 Å². The first-order valence-electron chi connectivity index (χ1n) is 8.61. The highest BCUT2D eigenvalue weighted by Gasteiger charge is 2.09. The van der Waals surface area contributed by atoms with Crippen LogP contribution < -0.4 is 15.5 Å². The number of ether oxygens (including phenoxy) is 1. The van der Waals surface area contributed by atoms with E-state index in [1.165, 1.54) is 11.8 Å². The lowest BCUT2D eigenvalue weighted by Gasteiger charge is -2.10. The number of hydrogen-bond donors (Lipinski definition) is 2. The summed E-state index contributed by atoms with van der Waals surface area (Å²) in [5.74, 6) is 1.35. The predicted molar refractivity (Wildman–Crippen MR) is 112 cm³/mol. The van der Waals surface area contributed by atoms with Gasteiger partial charge in [0.2, 0.25) is 5.91 Å². The van der Waals surface area contributed by atoms with Crippen LogP contribution in [0.15, 0.2) is 47.3 Å².